The van der Waals surface area contributed by atoms with Gasteiger partial charge in [0.25, 0.3) is 0 Å². The molecule has 0 amide bonds. The summed E-state index contributed by atoms with van der Waals surface area (Å²) >= 11 is 0. The highest BCUT2D eigenvalue weighted by Gasteiger charge is 2.32. The van der Waals surface area contributed by atoms with E-state index in [0.29, 0.717) is 25.9 Å². The van der Waals surface area contributed by atoms with Crippen molar-refractivity contribution in [2.75, 3.05) is 6.61 Å². The van der Waals surface area contributed by atoms with Gasteiger partial charge in [-0.05, 0) is 51.4 Å². The predicted octanol–water partition coefficient (Wildman–Crippen LogP) is 3.06. The highest BCUT2D eigenvalue weighted by molar-refractivity contribution is 5.82. The Morgan fingerprint density at radius 3 is 2.63 bits per heavy atom. The number of cyclic esters (lactones) is 1. The van der Waals surface area contributed by atoms with Crippen LogP contribution >= 0.6 is 0 Å². The number of carbonyl (C=O) groups excluding carboxylic acids is 1. The van der Waals surface area contributed by atoms with E-state index in [0.717, 1.165) is 18.4 Å². The molecule has 8 heteroatoms. The molecule has 0 spiro atoms. The van der Waals surface area contributed by atoms with Gasteiger partial charge >= 0.3 is 5.97 Å². The Labute approximate surface area is 226 Å². The van der Waals surface area contributed by atoms with Crippen LogP contribution in [0.4, 0.5) is 0 Å². The minimum atomic E-state index is -1.50. The summed E-state index contributed by atoms with van der Waals surface area (Å²) in [6.45, 7) is 8.65. The van der Waals surface area contributed by atoms with Crippen LogP contribution in [0.15, 0.2) is 60.3 Å². The van der Waals surface area contributed by atoms with Crippen molar-refractivity contribution in [2.45, 2.75) is 108 Å². The number of hydrogen-bond donors (Lipinski definition) is 4. The second-order valence-corrected chi connectivity index (χ2v) is 10.9. The van der Waals surface area contributed by atoms with Crippen LogP contribution in [0.25, 0.3) is 0 Å². The Hall–Kier alpha value is -2.07. The van der Waals surface area contributed by atoms with Gasteiger partial charge in [-0.15, -0.1) is 0 Å². The van der Waals surface area contributed by atoms with Gasteiger partial charge in [0.15, 0.2) is 0 Å². The molecular weight excluding hydrogens is 488 g/mol. The van der Waals surface area contributed by atoms with Crippen LogP contribution in [-0.4, -0.2) is 81.8 Å². The molecule has 212 valence electrons. The molecule has 0 saturated heterocycles. The number of carbonyl (C=O) groups is 1. The molecular formula is C30H44O8. The van der Waals surface area contributed by atoms with E-state index in [9.17, 15) is 25.2 Å². The molecule has 3 rings (SSSR count). The van der Waals surface area contributed by atoms with Crippen LogP contribution in [0.2, 0.25) is 0 Å². The highest BCUT2D eigenvalue weighted by Crippen LogP contribution is 2.27. The average molecular weight is 533 g/mol. The molecule has 0 radical (unpaired) electrons. The summed E-state index contributed by atoms with van der Waals surface area (Å²) in [4.78, 5) is 12.6. The second-order valence-electron chi connectivity index (χ2n) is 10.9. The molecule has 0 unspecified atom stereocenters. The van der Waals surface area contributed by atoms with Gasteiger partial charge in [0.2, 0.25) is 0 Å². The lowest BCUT2D eigenvalue weighted by Crippen LogP contribution is -2.42. The number of ether oxygens (including phenoxy) is 3. The summed E-state index contributed by atoms with van der Waals surface area (Å²) in [5.74, 6) is -0.422. The Morgan fingerprint density at radius 2 is 1.87 bits per heavy atom. The number of esters is 1. The number of rotatable bonds is 3. The topological polar surface area (TPSA) is 126 Å². The van der Waals surface area contributed by atoms with Crippen molar-refractivity contribution in [3.63, 3.8) is 0 Å². The zero-order valence-electron chi connectivity index (χ0n) is 22.5. The summed E-state index contributed by atoms with van der Waals surface area (Å²) < 4.78 is 17.3. The average Bonchev–Trinajstić information content (AvgIpc) is 2.85. The molecule has 8 nitrogen and oxygen atoms in total. The van der Waals surface area contributed by atoms with E-state index in [1.165, 1.54) is 17.7 Å². The van der Waals surface area contributed by atoms with Gasteiger partial charge in [-0.2, -0.15) is 0 Å². The lowest BCUT2D eigenvalue weighted by atomic mass is 9.89. The van der Waals surface area contributed by atoms with Crippen LogP contribution in [0.5, 0.6) is 0 Å². The molecule has 3 aliphatic heterocycles. The maximum atomic E-state index is 12.6. The first-order valence-corrected chi connectivity index (χ1v) is 13.6. The van der Waals surface area contributed by atoms with Gasteiger partial charge in [0, 0.05) is 12.5 Å². The molecule has 0 fully saturated rings. The van der Waals surface area contributed by atoms with Crippen LogP contribution in [0.1, 0.15) is 58.8 Å². The molecule has 3 heterocycles. The number of hydrogen-bond acceptors (Lipinski definition) is 8. The summed E-state index contributed by atoms with van der Waals surface area (Å²) in [5.41, 5.74) is 1.95. The quantitative estimate of drug-likeness (QED) is 0.323. The molecule has 9 atom stereocenters. The fraction of sp³-hybridized carbons (Fsp3) is 0.633. The molecule has 4 N–H and O–H groups in total. The van der Waals surface area contributed by atoms with E-state index in [1.54, 1.807) is 12.2 Å². The first-order valence-electron chi connectivity index (χ1n) is 13.6. The fourth-order valence-electron chi connectivity index (χ4n) is 5.18. The largest absolute Gasteiger partial charge is 0.456 e. The molecule has 2 bridgehead atoms. The minimum Gasteiger partial charge on any atom is -0.456 e. The first-order chi connectivity index (χ1) is 18.1. The Balaban J connectivity index is 1.75. The predicted molar refractivity (Wildman–Crippen MR) is 144 cm³/mol. The van der Waals surface area contributed by atoms with E-state index in [1.807, 2.05) is 19.1 Å². The number of aliphatic hydroxyl groups is 4. The monoisotopic (exact) mass is 532 g/mol. The summed E-state index contributed by atoms with van der Waals surface area (Å²) in [6.07, 6.45) is 8.63. The van der Waals surface area contributed by atoms with E-state index in [4.69, 9.17) is 14.2 Å². The van der Waals surface area contributed by atoms with Crippen molar-refractivity contribution in [1.82, 2.24) is 0 Å². The number of fused-ring (bicyclic) bond motifs is 2. The van der Waals surface area contributed by atoms with E-state index in [2.05, 4.69) is 19.6 Å². The van der Waals surface area contributed by atoms with Crippen molar-refractivity contribution < 1.29 is 39.4 Å². The van der Waals surface area contributed by atoms with Gasteiger partial charge in [0.05, 0.1) is 37.1 Å². The van der Waals surface area contributed by atoms with Gasteiger partial charge in [-0.3, -0.25) is 0 Å². The highest BCUT2D eigenvalue weighted by atomic mass is 16.6. The lowest BCUT2D eigenvalue weighted by Gasteiger charge is -2.30. The van der Waals surface area contributed by atoms with Crippen molar-refractivity contribution in [3.05, 3.63) is 60.3 Å². The molecule has 0 aliphatic carbocycles. The van der Waals surface area contributed by atoms with Gasteiger partial charge in [0.1, 0.15) is 18.3 Å². The van der Waals surface area contributed by atoms with Gasteiger partial charge in [-0.25, -0.2) is 4.79 Å². The van der Waals surface area contributed by atoms with Crippen molar-refractivity contribution in [1.29, 1.82) is 0 Å². The third kappa shape index (κ3) is 9.91. The zero-order valence-corrected chi connectivity index (χ0v) is 22.5. The maximum Gasteiger partial charge on any atom is 0.330 e. The van der Waals surface area contributed by atoms with Gasteiger partial charge < -0.3 is 34.6 Å². The first kappa shape index (κ1) is 30.5. The zero-order chi connectivity index (χ0) is 27.7. The molecule has 0 aromatic carbocycles. The fourth-order valence-corrected chi connectivity index (χ4v) is 5.18. The maximum absolute atomic E-state index is 12.6. The Morgan fingerprint density at radius 1 is 1.08 bits per heavy atom. The summed E-state index contributed by atoms with van der Waals surface area (Å²) in [5, 5.41) is 42.8. The van der Waals surface area contributed by atoms with Crippen molar-refractivity contribution in [3.8, 4) is 0 Å². The Kier molecular flexibility index (Phi) is 12.0. The molecule has 38 heavy (non-hydrogen) atoms. The third-order valence-electron chi connectivity index (χ3n) is 7.24. The molecule has 0 aromatic heterocycles. The molecule has 0 saturated carbocycles. The van der Waals surface area contributed by atoms with Gasteiger partial charge in [-0.1, -0.05) is 61.1 Å². The van der Waals surface area contributed by atoms with Crippen LogP contribution in [0, 0.1) is 5.92 Å². The third-order valence-corrected chi connectivity index (χ3v) is 7.24. The summed E-state index contributed by atoms with van der Waals surface area (Å²) in [6, 6.07) is 0. The van der Waals surface area contributed by atoms with Crippen molar-refractivity contribution in [2.24, 2.45) is 5.92 Å². The summed E-state index contributed by atoms with van der Waals surface area (Å²) in [7, 11) is 0. The van der Waals surface area contributed by atoms with Crippen LogP contribution < -0.4 is 0 Å². The van der Waals surface area contributed by atoms with Crippen LogP contribution in [0.3, 0.4) is 0 Å². The normalized spacial score (nSPS) is 38.1. The van der Waals surface area contributed by atoms with Crippen LogP contribution in [-0.2, 0) is 19.0 Å². The molecule has 0 aromatic rings. The molecule has 3 aliphatic rings. The second kappa shape index (κ2) is 14.9. The van der Waals surface area contributed by atoms with Crippen molar-refractivity contribution >= 4 is 5.97 Å². The number of aliphatic hydroxyl groups excluding tert-OH is 4. The lowest BCUT2D eigenvalue weighted by molar-refractivity contribution is -0.152. The SMILES string of the molecule is C=C1C[C@H](C)C[C@@H]2CC=C[C@@H](C/C=C\C(=O)O[C@H]([C@@H](O)/C=C/[C@@H]3CC(C)=CCO3)C[C@@H](O)[C@@H](O)[C@@H](O)C1)O2. The smallest absolute Gasteiger partial charge is 0.330 e. The van der Waals surface area contributed by atoms with E-state index in [-0.39, 0.29) is 37.1 Å². The minimum absolute atomic E-state index is 0.0445. The Bertz CT molecular complexity index is 906. The standard InChI is InChI=1S/C30H44O8/c1-19-12-13-36-23(15-19)10-11-25(31)28-18-27(33)30(35)26(32)17-21(3)14-20(2)16-24-8-4-6-22(37-24)7-5-9-29(34)38-28/h4-6,9-12,20,22-28,30-33,35H,3,7-8,13-18H2,1-2H3/b9-5-,11-10+/t20-,22-,23+,24-,25-,26-,27+,28-,30-/m0/s1. The van der Waals surface area contributed by atoms with E-state index >= 15 is 0 Å². The van der Waals surface area contributed by atoms with E-state index < -0.39 is 36.5 Å².